The second-order valence-corrected chi connectivity index (χ2v) is 7.25. The summed E-state index contributed by atoms with van der Waals surface area (Å²) in [6.45, 7) is 0.0581. The minimum absolute atomic E-state index is 0.0581. The molecule has 1 amide bonds. The van der Waals surface area contributed by atoms with Gasteiger partial charge in [-0.3, -0.25) is 9.59 Å². The van der Waals surface area contributed by atoms with E-state index in [1.807, 2.05) is 30.3 Å². The number of nitrogens with zero attached hydrogens (tertiary/aromatic N) is 1. The Kier molecular flexibility index (Phi) is 5.78. The number of carbonyl (C=O) groups is 3. The molecule has 0 aromatic heterocycles. The lowest BCUT2D eigenvalue weighted by molar-refractivity contribution is -0.165. The maximum absolute atomic E-state index is 13.1. The fraction of sp³-hybridized carbons (Fsp3) is 0.318. The van der Waals surface area contributed by atoms with Gasteiger partial charge in [0, 0.05) is 18.9 Å². The third kappa shape index (κ3) is 4.39. The molecule has 1 aliphatic carbocycles. The molecule has 1 fully saturated rings. The first kappa shape index (κ1) is 19.6. The molecule has 0 heterocycles. The monoisotopic (exact) mass is 381 g/mol. The second-order valence-electron chi connectivity index (χ2n) is 7.25. The maximum atomic E-state index is 13.1. The van der Waals surface area contributed by atoms with Crippen molar-refractivity contribution in [1.82, 2.24) is 4.90 Å². The van der Waals surface area contributed by atoms with Gasteiger partial charge in [-0.2, -0.15) is 0 Å². The molecule has 0 saturated heterocycles. The Morgan fingerprint density at radius 1 is 0.893 bits per heavy atom. The predicted octanol–water partition coefficient (Wildman–Crippen LogP) is 2.97. The minimum atomic E-state index is -1.86. The summed E-state index contributed by atoms with van der Waals surface area (Å²) in [4.78, 5) is 38.5. The van der Waals surface area contributed by atoms with Crippen molar-refractivity contribution >= 4 is 17.8 Å². The number of hydrogen-bond acceptors (Lipinski definition) is 3. The van der Waals surface area contributed by atoms with Crippen LogP contribution in [0.1, 0.15) is 30.4 Å². The van der Waals surface area contributed by atoms with E-state index in [2.05, 4.69) is 0 Å². The molecule has 1 atom stereocenters. The normalized spacial score (nSPS) is 15.4. The zero-order chi connectivity index (χ0) is 20.1. The summed E-state index contributed by atoms with van der Waals surface area (Å²) < 4.78 is 0. The Bertz CT molecular complexity index is 848. The molecular formula is C22H23NO5. The van der Waals surface area contributed by atoms with Gasteiger partial charge in [0.2, 0.25) is 5.91 Å². The first-order valence-electron chi connectivity index (χ1n) is 9.27. The molecule has 28 heavy (non-hydrogen) atoms. The second kappa shape index (κ2) is 8.25. The number of amides is 1. The Hall–Kier alpha value is -3.15. The summed E-state index contributed by atoms with van der Waals surface area (Å²) in [5.41, 5.74) is -0.420. The van der Waals surface area contributed by atoms with Crippen LogP contribution in [-0.4, -0.2) is 38.5 Å². The highest BCUT2D eigenvalue weighted by Gasteiger charge is 2.51. The summed E-state index contributed by atoms with van der Waals surface area (Å²) in [6, 6.07) is 17.9. The van der Waals surface area contributed by atoms with E-state index >= 15 is 0 Å². The van der Waals surface area contributed by atoms with Gasteiger partial charge in [0.1, 0.15) is 0 Å². The zero-order valence-corrected chi connectivity index (χ0v) is 15.5. The van der Waals surface area contributed by atoms with Gasteiger partial charge in [-0.15, -0.1) is 0 Å². The van der Waals surface area contributed by atoms with Gasteiger partial charge >= 0.3 is 11.9 Å². The lowest BCUT2D eigenvalue weighted by atomic mass is 9.84. The van der Waals surface area contributed by atoms with Crippen LogP contribution in [0.3, 0.4) is 0 Å². The summed E-state index contributed by atoms with van der Waals surface area (Å²) in [7, 11) is 0. The topological polar surface area (TPSA) is 94.9 Å². The molecule has 6 nitrogen and oxygen atoms in total. The number of hydrogen-bond donors (Lipinski definition) is 2. The van der Waals surface area contributed by atoms with Crippen LogP contribution in [0.5, 0.6) is 0 Å². The van der Waals surface area contributed by atoms with Gasteiger partial charge in [-0.05, 0) is 24.0 Å². The molecule has 0 bridgehead atoms. The molecular weight excluding hydrogens is 358 g/mol. The number of carbonyl (C=O) groups excluding carboxylic acids is 1. The molecule has 2 aromatic rings. The molecule has 0 aliphatic heterocycles. The van der Waals surface area contributed by atoms with Crippen molar-refractivity contribution in [3.8, 4) is 0 Å². The van der Waals surface area contributed by atoms with E-state index in [9.17, 15) is 24.6 Å². The van der Waals surface area contributed by atoms with Crippen molar-refractivity contribution in [3.05, 3.63) is 71.8 Å². The molecule has 146 valence electrons. The standard InChI is InChI=1S/C22H23NO5/c24-19(25)14-22(21(27)28,13-16-7-3-1-4-8-16)23(20(26)18-11-12-18)15-17-9-5-2-6-10-17/h1-10,18H,11-15H2,(H,24,25)(H,27,28)/t22-/m0/s1. The first-order valence-corrected chi connectivity index (χ1v) is 9.27. The summed E-state index contributed by atoms with van der Waals surface area (Å²) in [5.74, 6) is -3.07. The van der Waals surface area contributed by atoms with Crippen molar-refractivity contribution in [3.63, 3.8) is 0 Å². The quantitative estimate of drug-likeness (QED) is 0.696. The lowest BCUT2D eigenvalue weighted by Gasteiger charge is -2.40. The van der Waals surface area contributed by atoms with Crippen molar-refractivity contribution in [2.75, 3.05) is 0 Å². The molecule has 1 saturated carbocycles. The third-order valence-electron chi connectivity index (χ3n) is 5.07. The highest BCUT2D eigenvalue weighted by molar-refractivity contribution is 5.92. The molecule has 1 aliphatic rings. The highest BCUT2D eigenvalue weighted by atomic mass is 16.4. The van der Waals surface area contributed by atoms with Gasteiger partial charge in [-0.25, -0.2) is 4.79 Å². The zero-order valence-electron chi connectivity index (χ0n) is 15.5. The molecule has 6 heteroatoms. The third-order valence-corrected chi connectivity index (χ3v) is 5.07. The van der Waals surface area contributed by atoms with E-state index in [0.29, 0.717) is 18.4 Å². The van der Waals surface area contributed by atoms with Crippen molar-refractivity contribution in [1.29, 1.82) is 0 Å². The summed E-state index contributed by atoms with van der Waals surface area (Å²) in [6.07, 6.45) is 0.680. The average molecular weight is 381 g/mol. The average Bonchev–Trinajstić information content (AvgIpc) is 3.51. The number of carboxylic acid groups (broad SMARTS) is 2. The number of benzene rings is 2. The van der Waals surface area contributed by atoms with Crippen molar-refractivity contribution < 1.29 is 24.6 Å². The Morgan fingerprint density at radius 3 is 1.89 bits per heavy atom. The van der Waals surface area contributed by atoms with Crippen LogP contribution < -0.4 is 0 Å². The molecule has 3 rings (SSSR count). The van der Waals surface area contributed by atoms with Gasteiger partial charge < -0.3 is 15.1 Å². The maximum Gasteiger partial charge on any atom is 0.330 e. The van der Waals surface area contributed by atoms with Crippen LogP contribution >= 0.6 is 0 Å². The number of carboxylic acids is 2. The van der Waals surface area contributed by atoms with E-state index < -0.39 is 23.9 Å². The van der Waals surface area contributed by atoms with Crippen LogP contribution in [0.25, 0.3) is 0 Å². The number of aliphatic carboxylic acids is 2. The molecule has 2 aromatic carbocycles. The van der Waals surface area contributed by atoms with E-state index in [1.54, 1.807) is 30.3 Å². The smallest absolute Gasteiger partial charge is 0.330 e. The van der Waals surface area contributed by atoms with Crippen LogP contribution in [0.15, 0.2) is 60.7 Å². The lowest BCUT2D eigenvalue weighted by Crippen LogP contribution is -2.59. The van der Waals surface area contributed by atoms with E-state index in [4.69, 9.17) is 0 Å². The van der Waals surface area contributed by atoms with Crippen LogP contribution in [0.4, 0.5) is 0 Å². The van der Waals surface area contributed by atoms with Gasteiger partial charge in [0.25, 0.3) is 0 Å². The summed E-state index contributed by atoms with van der Waals surface area (Å²) >= 11 is 0. The van der Waals surface area contributed by atoms with E-state index in [-0.39, 0.29) is 24.8 Å². The Morgan fingerprint density at radius 2 is 1.43 bits per heavy atom. The Labute approximate surface area is 163 Å². The summed E-state index contributed by atoms with van der Waals surface area (Å²) in [5, 5.41) is 19.7. The van der Waals surface area contributed by atoms with Crippen molar-refractivity contribution in [2.45, 2.75) is 37.8 Å². The SMILES string of the molecule is O=C(O)C[C@@](Cc1ccccc1)(C(=O)O)N(Cc1ccccc1)C(=O)C1CC1. The fourth-order valence-corrected chi connectivity index (χ4v) is 3.46. The number of rotatable bonds is 9. The molecule has 2 N–H and O–H groups in total. The van der Waals surface area contributed by atoms with Crippen LogP contribution in [0, 0.1) is 5.92 Å². The first-order chi connectivity index (χ1) is 13.4. The van der Waals surface area contributed by atoms with Crippen LogP contribution in [-0.2, 0) is 27.3 Å². The van der Waals surface area contributed by atoms with E-state index in [0.717, 1.165) is 5.56 Å². The van der Waals surface area contributed by atoms with Crippen molar-refractivity contribution in [2.24, 2.45) is 5.92 Å². The highest BCUT2D eigenvalue weighted by Crippen LogP contribution is 2.37. The molecule has 0 radical (unpaired) electrons. The van der Waals surface area contributed by atoms with Crippen LogP contribution in [0.2, 0.25) is 0 Å². The van der Waals surface area contributed by atoms with Gasteiger partial charge in [0.15, 0.2) is 5.54 Å². The largest absolute Gasteiger partial charge is 0.481 e. The molecule has 0 unspecified atom stereocenters. The fourth-order valence-electron chi connectivity index (χ4n) is 3.46. The Balaban J connectivity index is 2.06. The molecule has 0 spiro atoms. The van der Waals surface area contributed by atoms with Gasteiger partial charge in [-0.1, -0.05) is 60.7 Å². The minimum Gasteiger partial charge on any atom is -0.481 e. The van der Waals surface area contributed by atoms with E-state index in [1.165, 1.54) is 4.90 Å². The predicted molar refractivity (Wildman–Crippen MR) is 102 cm³/mol. The van der Waals surface area contributed by atoms with Gasteiger partial charge in [0.05, 0.1) is 6.42 Å².